The Morgan fingerprint density at radius 1 is 0.886 bits per heavy atom. The number of rotatable bonds is 10. The van der Waals surface area contributed by atoms with Crippen molar-refractivity contribution in [1.29, 1.82) is 0 Å². The second-order valence-electron chi connectivity index (χ2n) is 12.2. The van der Waals surface area contributed by atoms with Gasteiger partial charge in [0.05, 0.1) is 11.2 Å². The molecule has 1 aliphatic rings. The molecule has 224 valence electrons. The number of carbonyl (C=O) groups is 1. The predicted octanol–water partition coefficient (Wildman–Crippen LogP) is 7.18. The first-order valence-electron chi connectivity index (χ1n) is 15.8. The van der Waals surface area contributed by atoms with Crippen molar-refractivity contribution in [2.45, 2.75) is 45.4 Å². The van der Waals surface area contributed by atoms with Crippen LogP contribution in [-0.4, -0.2) is 35.0 Å². The minimum Gasteiger partial charge on any atom is -0.326 e. The molecule has 44 heavy (non-hydrogen) atoms. The monoisotopic (exact) mass is 585 g/mol. The van der Waals surface area contributed by atoms with E-state index in [1.807, 2.05) is 49.4 Å². The molecule has 1 aromatic heterocycles. The third kappa shape index (κ3) is 6.36. The number of amides is 1. The topological polar surface area (TPSA) is 68.3 Å². The largest absolute Gasteiger partial charge is 0.326 e. The van der Waals surface area contributed by atoms with Gasteiger partial charge < -0.3 is 14.8 Å². The first-order valence-corrected chi connectivity index (χ1v) is 15.8. The lowest BCUT2D eigenvalue weighted by Crippen LogP contribution is -2.55. The fourth-order valence-electron chi connectivity index (χ4n) is 6.53. The summed E-state index contributed by atoms with van der Waals surface area (Å²) >= 11 is 0. The number of aromatic nitrogens is 1. The van der Waals surface area contributed by atoms with Crippen molar-refractivity contribution in [3.8, 4) is 16.9 Å². The van der Waals surface area contributed by atoms with Gasteiger partial charge in [-0.3, -0.25) is 4.79 Å². The van der Waals surface area contributed by atoms with Crippen molar-refractivity contribution in [2.75, 3.05) is 25.0 Å². The number of nitroso groups, excluding NO2 is 1. The van der Waals surface area contributed by atoms with Crippen molar-refractivity contribution >= 4 is 28.2 Å². The van der Waals surface area contributed by atoms with Gasteiger partial charge in [-0.2, -0.15) is 0 Å². The minimum absolute atomic E-state index is 0.0328. The van der Waals surface area contributed by atoms with Crippen LogP contribution < -0.4 is 10.5 Å². The first-order chi connectivity index (χ1) is 21.5. The highest BCUT2D eigenvalue weighted by Crippen LogP contribution is 2.38. The standard InChI is InChI=1S/C38H40N4O2/c1-27(2)38(43)39-32-11-8-10-30(26-32)28-21-24-41(25-22-28)23-9-15-35-34-14-6-7-16-36(34)42(33-12-4-3-5-13-33)37(35)29-17-19-31(40-44)20-18-29/h3-8,10-14,16-20,26-28H,9,15,21-25H2,1-2H3,(H,39,43)/p+1. The van der Waals surface area contributed by atoms with Crippen LogP contribution in [0.5, 0.6) is 0 Å². The number of benzene rings is 4. The molecule has 2 heterocycles. The highest BCUT2D eigenvalue weighted by atomic mass is 16.3. The Hall–Kier alpha value is -4.55. The summed E-state index contributed by atoms with van der Waals surface area (Å²) in [5.74, 6) is 0.544. The fourth-order valence-corrected chi connectivity index (χ4v) is 6.53. The van der Waals surface area contributed by atoms with Crippen LogP contribution in [0.1, 0.15) is 50.2 Å². The van der Waals surface area contributed by atoms with Gasteiger partial charge in [0.15, 0.2) is 0 Å². The van der Waals surface area contributed by atoms with E-state index in [1.165, 1.54) is 27.7 Å². The van der Waals surface area contributed by atoms with Crippen LogP contribution in [0, 0.1) is 10.8 Å². The van der Waals surface area contributed by atoms with E-state index < -0.39 is 0 Å². The summed E-state index contributed by atoms with van der Waals surface area (Å²) in [4.78, 5) is 26.1. The molecule has 0 aliphatic carbocycles. The summed E-state index contributed by atoms with van der Waals surface area (Å²) in [5.41, 5.74) is 8.75. The summed E-state index contributed by atoms with van der Waals surface area (Å²) in [6, 6.07) is 35.4. The summed E-state index contributed by atoms with van der Waals surface area (Å²) in [6.07, 6.45) is 4.28. The molecule has 0 saturated carbocycles. The molecule has 0 atom stereocenters. The molecule has 0 radical (unpaired) electrons. The maximum Gasteiger partial charge on any atom is 0.253 e. The Kier molecular flexibility index (Phi) is 8.99. The highest BCUT2D eigenvalue weighted by Gasteiger charge is 2.23. The number of anilines is 1. The van der Waals surface area contributed by atoms with Crippen LogP contribution in [-0.2, 0) is 11.2 Å². The lowest BCUT2D eigenvalue weighted by Gasteiger charge is -2.32. The SMILES string of the molecule is CC(C)C(=O)Nc1cccc(C2CCN(CCCc3c(-c4ccc([NH+]=O)cc4)n(-c4ccccc4)c4ccccc34)CC2)c1. The second-order valence-corrected chi connectivity index (χ2v) is 12.2. The van der Waals surface area contributed by atoms with Crippen molar-refractivity contribution in [2.24, 2.45) is 5.92 Å². The number of hydrogen-bond acceptors (Lipinski definition) is 3. The van der Waals surface area contributed by atoms with Gasteiger partial charge in [0.25, 0.3) is 5.69 Å². The van der Waals surface area contributed by atoms with Gasteiger partial charge in [-0.15, -0.1) is 0 Å². The van der Waals surface area contributed by atoms with Crippen LogP contribution in [0.15, 0.2) is 103 Å². The molecule has 6 heteroatoms. The third-order valence-corrected chi connectivity index (χ3v) is 8.91. The molecule has 6 rings (SSSR count). The van der Waals surface area contributed by atoms with Gasteiger partial charge >= 0.3 is 0 Å². The molecule has 1 amide bonds. The molecule has 1 fully saturated rings. The molecule has 0 unspecified atom stereocenters. The zero-order chi connectivity index (χ0) is 30.5. The Balaban J connectivity index is 1.18. The average molecular weight is 586 g/mol. The maximum atomic E-state index is 12.2. The van der Waals surface area contributed by atoms with Crippen molar-refractivity contribution in [3.63, 3.8) is 0 Å². The Bertz CT molecular complexity index is 1730. The maximum absolute atomic E-state index is 12.2. The molecular weight excluding hydrogens is 544 g/mol. The summed E-state index contributed by atoms with van der Waals surface area (Å²) in [5, 5.41) is 6.34. The molecule has 2 N–H and O–H groups in total. The van der Waals surface area contributed by atoms with E-state index in [9.17, 15) is 9.70 Å². The van der Waals surface area contributed by atoms with E-state index >= 15 is 0 Å². The van der Waals surface area contributed by atoms with Crippen molar-refractivity contribution < 1.29 is 9.97 Å². The van der Waals surface area contributed by atoms with Gasteiger partial charge in [0.1, 0.15) is 0 Å². The molecule has 4 aromatic carbocycles. The fraction of sp³-hybridized carbons (Fsp3) is 0.289. The van der Waals surface area contributed by atoms with E-state index in [1.54, 1.807) is 0 Å². The number of fused-ring (bicyclic) bond motifs is 1. The zero-order valence-corrected chi connectivity index (χ0v) is 25.6. The molecule has 6 nitrogen and oxygen atoms in total. The first kappa shape index (κ1) is 29.5. The third-order valence-electron chi connectivity index (χ3n) is 8.91. The van der Waals surface area contributed by atoms with E-state index in [4.69, 9.17) is 0 Å². The quantitative estimate of drug-likeness (QED) is 0.182. The van der Waals surface area contributed by atoms with E-state index in [0.717, 1.165) is 62.3 Å². The molecule has 0 bridgehead atoms. The number of nitrogens with one attached hydrogen (secondary N) is 2. The smallest absolute Gasteiger partial charge is 0.253 e. The number of hydrogen-bond donors (Lipinski definition) is 2. The Morgan fingerprint density at radius 3 is 2.34 bits per heavy atom. The van der Waals surface area contributed by atoms with Gasteiger partial charge in [0.2, 0.25) is 5.91 Å². The van der Waals surface area contributed by atoms with Gasteiger partial charge in [-0.1, -0.05) is 62.4 Å². The highest BCUT2D eigenvalue weighted by molar-refractivity contribution is 5.94. The molecular formula is C38H41N4O2+. The molecule has 1 aliphatic heterocycles. The number of para-hydroxylation sites is 2. The van der Waals surface area contributed by atoms with Gasteiger partial charge in [-0.05, 0) is 110 Å². The zero-order valence-electron chi connectivity index (χ0n) is 25.6. The van der Waals surface area contributed by atoms with Crippen LogP contribution in [0.3, 0.4) is 0 Å². The van der Waals surface area contributed by atoms with Crippen LogP contribution >= 0.6 is 0 Å². The van der Waals surface area contributed by atoms with Crippen LogP contribution in [0.4, 0.5) is 11.4 Å². The second kappa shape index (κ2) is 13.4. The normalized spacial score (nSPS) is 14.2. The van der Waals surface area contributed by atoms with Crippen LogP contribution in [0.2, 0.25) is 0 Å². The Morgan fingerprint density at radius 2 is 1.61 bits per heavy atom. The molecule has 1 saturated heterocycles. The number of carbonyl (C=O) groups excluding carboxylic acids is 1. The predicted molar refractivity (Wildman–Crippen MR) is 179 cm³/mol. The minimum atomic E-state index is -0.0328. The van der Waals surface area contributed by atoms with E-state index in [0.29, 0.717) is 11.6 Å². The van der Waals surface area contributed by atoms with Crippen molar-refractivity contribution in [3.05, 3.63) is 119 Å². The lowest BCUT2D eigenvalue weighted by atomic mass is 9.89. The number of nitrogens with zero attached hydrogens (tertiary/aromatic N) is 2. The Labute approximate surface area is 259 Å². The average Bonchev–Trinajstić information content (AvgIpc) is 3.39. The molecule has 5 aromatic rings. The molecule has 0 spiro atoms. The van der Waals surface area contributed by atoms with Crippen molar-refractivity contribution in [1.82, 2.24) is 9.47 Å². The van der Waals surface area contributed by atoms with Gasteiger partial charge in [0, 0.05) is 44.9 Å². The summed E-state index contributed by atoms with van der Waals surface area (Å²) < 4.78 is 2.37. The number of likely N-dealkylation sites (tertiary alicyclic amines) is 1. The number of piperidine rings is 1. The van der Waals surface area contributed by atoms with E-state index in [-0.39, 0.29) is 11.8 Å². The summed E-state index contributed by atoms with van der Waals surface area (Å²) in [6.45, 7) is 7.05. The lowest BCUT2D eigenvalue weighted by molar-refractivity contribution is -0.379. The van der Waals surface area contributed by atoms with Crippen LogP contribution in [0.25, 0.3) is 27.8 Å². The van der Waals surface area contributed by atoms with E-state index in [2.05, 4.69) is 87.6 Å². The summed E-state index contributed by atoms with van der Waals surface area (Å²) in [7, 11) is 0. The van der Waals surface area contributed by atoms with Gasteiger partial charge in [-0.25, -0.2) is 0 Å². The number of aryl methyl sites for hydroxylation is 1.